The second kappa shape index (κ2) is 20.5. The SMILES string of the molecule is C[C@@H]1NC(=O)[C@@H](Cc2c[nH]c3ccccc23)NC(=O)[C@H](Cc2cnc[nH]2)NC(=O)[C@H](CCCCN)NC(=O)[C@@H](Cc2ccccc2)NC(=O)[C@H](Cc2c[nH]c3ccccc23)NC1=O. The number of imidazole rings is 1. The summed E-state index contributed by atoms with van der Waals surface area (Å²) in [4.78, 5) is 99.5. The van der Waals surface area contributed by atoms with Crippen LogP contribution in [0.15, 0.2) is 104 Å². The molecule has 1 saturated heterocycles. The average Bonchev–Trinajstić information content (AvgIpc) is 4.06. The summed E-state index contributed by atoms with van der Waals surface area (Å²) in [5.74, 6) is -3.98. The Morgan fingerprint density at radius 3 is 1.54 bits per heavy atom. The minimum Gasteiger partial charge on any atom is -0.361 e. The molecule has 0 spiro atoms. The third-order valence-electron chi connectivity index (χ3n) is 11.3. The average molecular weight is 856 g/mol. The van der Waals surface area contributed by atoms with Crippen molar-refractivity contribution in [1.82, 2.24) is 51.8 Å². The zero-order valence-electron chi connectivity index (χ0n) is 34.9. The standard InChI is InChI=1S/C46H53N11O6/c1-27-41(58)54-39(21-30-24-50-35-16-8-6-14-33(30)35)45(62)55-37(19-28-11-3-2-4-12-28)44(61)53-36(17-9-10-18-47)42(59)57-40(22-31-25-48-26-51-31)46(63)56-38(43(60)52-27)20-29-23-49-34-15-7-5-13-32(29)34/h2-8,11-16,23-27,36-40,49-50H,9-10,17-22,47H2,1H3,(H,48,51)(H,52,60)(H,53,61)(H,54,58)(H,55,62)(H,56,63)(H,57,59)/t27-,36-,37+,38+,39-,40-/m0/s1. The maximum absolute atomic E-state index is 14.5. The van der Waals surface area contributed by atoms with E-state index >= 15 is 0 Å². The van der Waals surface area contributed by atoms with E-state index in [2.05, 4.69) is 51.8 Å². The molecule has 11 N–H and O–H groups in total. The van der Waals surface area contributed by atoms with Gasteiger partial charge < -0.3 is 52.6 Å². The first-order chi connectivity index (χ1) is 30.6. The number of para-hydroxylation sites is 2. The van der Waals surface area contributed by atoms with Crippen LogP contribution in [0.2, 0.25) is 0 Å². The zero-order valence-corrected chi connectivity index (χ0v) is 34.9. The summed E-state index contributed by atoms with van der Waals surface area (Å²) in [5.41, 5.74) is 10.2. The number of hydrogen-bond acceptors (Lipinski definition) is 8. The van der Waals surface area contributed by atoms with Crippen molar-refractivity contribution >= 4 is 57.2 Å². The number of nitrogens with zero attached hydrogens (tertiary/aromatic N) is 1. The van der Waals surface area contributed by atoms with E-state index < -0.39 is 71.7 Å². The number of aromatic amines is 3. The molecule has 6 amide bonds. The van der Waals surface area contributed by atoms with Crippen LogP contribution in [0.4, 0.5) is 0 Å². The smallest absolute Gasteiger partial charge is 0.243 e. The van der Waals surface area contributed by atoms with Crippen molar-refractivity contribution in [2.75, 3.05) is 6.54 Å². The molecule has 4 heterocycles. The number of nitrogens with two attached hydrogens (primary N) is 1. The molecule has 328 valence electrons. The lowest BCUT2D eigenvalue weighted by Gasteiger charge is -2.29. The van der Waals surface area contributed by atoms with Gasteiger partial charge in [0.1, 0.15) is 36.3 Å². The fraction of sp³-hybridized carbons (Fsp3) is 0.326. The highest BCUT2D eigenvalue weighted by Crippen LogP contribution is 2.21. The third-order valence-corrected chi connectivity index (χ3v) is 11.3. The summed E-state index contributed by atoms with van der Waals surface area (Å²) in [6, 6.07) is 16.9. The van der Waals surface area contributed by atoms with Crippen molar-refractivity contribution in [3.63, 3.8) is 0 Å². The summed E-state index contributed by atoms with van der Waals surface area (Å²) < 4.78 is 0. The van der Waals surface area contributed by atoms with Crippen LogP contribution in [0.5, 0.6) is 0 Å². The quantitative estimate of drug-likeness (QED) is 0.0809. The highest BCUT2D eigenvalue weighted by Gasteiger charge is 2.35. The third kappa shape index (κ3) is 11.2. The summed E-state index contributed by atoms with van der Waals surface area (Å²) in [7, 11) is 0. The Kier molecular flexibility index (Phi) is 14.3. The molecule has 6 atom stereocenters. The lowest BCUT2D eigenvalue weighted by atomic mass is 10.0. The van der Waals surface area contributed by atoms with Crippen LogP contribution in [-0.2, 0) is 54.5 Å². The molecule has 0 unspecified atom stereocenters. The summed E-state index contributed by atoms with van der Waals surface area (Å²) >= 11 is 0. The van der Waals surface area contributed by atoms with Crippen LogP contribution in [-0.4, -0.2) is 98.2 Å². The topological polar surface area (TPSA) is 261 Å². The molecule has 0 aliphatic carbocycles. The van der Waals surface area contributed by atoms with Gasteiger partial charge in [0.15, 0.2) is 0 Å². The molecular weight excluding hydrogens is 803 g/mol. The van der Waals surface area contributed by atoms with Gasteiger partial charge in [0.25, 0.3) is 0 Å². The number of carbonyl (C=O) groups excluding carboxylic acids is 6. The predicted octanol–water partition coefficient (Wildman–Crippen LogP) is 1.71. The first-order valence-corrected chi connectivity index (χ1v) is 21.2. The molecule has 63 heavy (non-hydrogen) atoms. The fourth-order valence-electron chi connectivity index (χ4n) is 7.87. The van der Waals surface area contributed by atoms with Crippen molar-refractivity contribution in [3.8, 4) is 0 Å². The molecule has 1 aliphatic heterocycles. The Morgan fingerprint density at radius 2 is 0.984 bits per heavy atom. The molecule has 0 bridgehead atoms. The van der Waals surface area contributed by atoms with Crippen LogP contribution in [0, 0.1) is 0 Å². The van der Waals surface area contributed by atoms with Gasteiger partial charge in [-0.05, 0) is 61.6 Å². The summed E-state index contributed by atoms with van der Waals surface area (Å²) in [6.07, 6.45) is 7.73. The van der Waals surface area contributed by atoms with Gasteiger partial charge in [-0.25, -0.2) is 4.98 Å². The number of nitrogens with one attached hydrogen (secondary N) is 9. The molecule has 1 fully saturated rings. The van der Waals surface area contributed by atoms with Crippen LogP contribution in [0.1, 0.15) is 48.6 Å². The van der Waals surface area contributed by atoms with Crippen molar-refractivity contribution in [2.45, 2.75) is 88.1 Å². The van der Waals surface area contributed by atoms with E-state index in [0.29, 0.717) is 25.1 Å². The lowest BCUT2D eigenvalue weighted by molar-refractivity contribution is -0.136. The molecule has 3 aromatic carbocycles. The van der Waals surface area contributed by atoms with Crippen LogP contribution < -0.4 is 37.6 Å². The van der Waals surface area contributed by atoms with E-state index in [9.17, 15) is 28.8 Å². The highest BCUT2D eigenvalue weighted by molar-refractivity contribution is 5.99. The van der Waals surface area contributed by atoms with Crippen LogP contribution in [0.25, 0.3) is 21.8 Å². The second-order valence-electron chi connectivity index (χ2n) is 15.9. The number of hydrogen-bond donors (Lipinski definition) is 10. The van der Waals surface area contributed by atoms with Crippen molar-refractivity contribution < 1.29 is 28.8 Å². The maximum atomic E-state index is 14.5. The van der Waals surface area contributed by atoms with E-state index in [0.717, 1.165) is 38.5 Å². The number of unbranched alkanes of at least 4 members (excludes halogenated alkanes) is 1. The number of fused-ring (bicyclic) bond motifs is 2. The molecule has 6 aromatic rings. The highest BCUT2D eigenvalue weighted by atomic mass is 16.2. The molecule has 0 radical (unpaired) electrons. The Balaban J connectivity index is 1.26. The zero-order chi connectivity index (χ0) is 44.3. The first kappa shape index (κ1) is 43.8. The maximum Gasteiger partial charge on any atom is 0.243 e. The molecule has 1 aliphatic rings. The Morgan fingerprint density at radius 1 is 0.508 bits per heavy atom. The van der Waals surface area contributed by atoms with E-state index in [1.54, 1.807) is 12.4 Å². The Labute approximate surface area is 363 Å². The summed E-state index contributed by atoms with van der Waals surface area (Å²) in [6.45, 7) is 1.83. The Bertz CT molecular complexity index is 2530. The lowest BCUT2D eigenvalue weighted by Crippen LogP contribution is -2.62. The largest absolute Gasteiger partial charge is 0.361 e. The van der Waals surface area contributed by atoms with Gasteiger partial charge in [-0.1, -0.05) is 66.7 Å². The molecular formula is C46H53N11O6. The van der Waals surface area contributed by atoms with E-state index in [1.807, 2.05) is 78.9 Å². The van der Waals surface area contributed by atoms with Gasteiger partial charge in [0, 0.05) is 71.8 Å². The number of rotatable bonds is 12. The first-order valence-electron chi connectivity index (χ1n) is 21.2. The number of aromatic nitrogens is 4. The second-order valence-corrected chi connectivity index (χ2v) is 15.9. The number of benzene rings is 3. The van der Waals surface area contributed by atoms with Gasteiger partial charge >= 0.3 is 0 Å². The molecule has 17 heteroatoms. The molecule has 0 saturated carbocycles. The normalized spacial score (nSPS) is 22.0. The van der Waals surface area contributed by atoms with Crippen molar-refractivity contribution in [3.05, 3.63) is 126 Å². The van der Waals surface area contributed by atoms with Gasteiger partial charge in [-0.15, -0.1) is 0 Å². The van der Waals surface area contributed by atoms with Crippen LogP contribution >= 0.6 is 0 Å². The van der Waals surface area contributed by atoms with E-state index in [4.69, 9.17) is 5.73 Å². The van der Waals surface area contributed by atoms with Gasteiger partial charge in [0.2, 0.25) is 35.4 Å². The van der Waals surface area contributed by atoms with Gasteiger partial charge in [-0.2, -0.15) is 0 Å². The number of amides is 6. The number of H-pyrrole nitrogens is 3. The molecule has 7 rings (SSSR count). The van der Waals surface area contributed by atoms with Crippen molar-refractivity contribution in [2.24, 2.45) is 5.73 Å². The predicted molar refractivity (Wildman–Crippen MR) is 237 cm³/mol. The monoisotopic (exact) mass is 855 g/mol. The fourth-order valence-corrected chi connectivity index (χ4v) is 7.87. The minimum absolute atomic E-state index is 0.0207. The van der Waals surface area contributed by atoms with E-state index in [1.165, 1.54) is 19.4 Å². The Hall–Kier alpha value is -7.27. The number of carbonyl (C=O) groups is 6. The van der Waals surface area contributed by atoms with E-state index in [-0.39, 0.29) is 32.1 Å². The molecule has 17 nitrogen and oxygen atoms in total. The van der Waals surface area contributed by atoms with Gasteiger partial charge in [-0.3, -0.25) is 28.8 Å². The molecule has 3 aromatic heterocycles. The summed E-state index contributed by atoms with van der Waals surface area (Å²) in [5, 5.41) is 18.7. The van der Waals surface area contributed by atoms with Crippen LogP contribution in [0.3, 0.4) is 0 Å². The minimum atomic E-state index is -1.24. The van der Waals surface area contributed by atoms with Crippen molar-refractivity contribution in [1.29, 1.82) is 0 Å². The van der Waals surface area contributed by atoms with Gasteiger partial charge in [0.05, 0.1) is 6.33 Å².